The number of hydrogen-bond donors (Lipinski definition) is 1. The first-order valence-electron chi connectivity index (χ1n) is 9.27. The van der Waals surface area contributed by atoms with Gasteiger partial charge in [0.05, 0.1) is 12.7 Å². The molecule has 29 heavy (non-hydrogen) atoms. The van der Waals surface area contributed by atoms with Crippen molar-refractivity contribution in [1.82, 2.24) is 0 Å². The van der Waals surface area contributed by atoms with Crippen molar-refractivity contribution in [1.29, 1.82) is 0 Å². The molecule has 0 fully saturated rings. The first-order chi connectivity index (χ1) is 13.9. The monoisotopic (exact) mass is 388 g/mol. The van der Waals surface area contributed by atoms with Crippen LogP contribution in [0, 0.1) is 6.92 Å². The lowest BCUT2D eigenvalue weighted by atomic mass is 9.98. The van der Waals surface area contributed by atoms with Crippen LogP contribution in [0.3, 0.4) is 0 Å². The fourth-order valence-corrected chi connectivity index (χ4v) is 3.07. The summed E-state index contributed by atoms with van der Waals surface area (Å²) in [5.41, 5.74) is 5.59. The van der Waals surface area contributed by atoms with Crippen LogP contribution in [-0.2, 0) is 4.74 Å². The maximum atomic E-state index is 12.7. The average molecular weight is 388 g/mol. The standard InChI is InChI=1S/C24H24N2O3/c1-16-11-12-20(25-23(27)18-8-6-10-21(14-18)26(2)3)15-22(16)17-7-5-9-19(13-17)24(28)29-4/h5-15H,1-4H3,(H,25,27). The van der Waals surface area contributed by atoms with Crippen molar-refractivity contribution < 1.29 is 14.3 Å². The van der Waals surface area contributed by atoms with E-state index >= 15 is 0 Å². The molecule has 0 bridgehead atoms. The van der Waals surface area contributed by atoms with E-state index < -0.39 is 0 Å². The number of nitrogens with zero attached hydrogens (tertiary/aromatic N) is 1. The van der Waals surface area contributed by atoms with Crippen LogP contribution < -0.4 is 10.2 Å². The highest BCUT2D eigenvalue weighted by Gasteiger charge is 2.11. The van der Waals surface area contributed by atoms with E-state index in [0.717, 1.165) is 22.4 Å². The summed E-state index contributed by atoms with van der Waals surface area (Å²) in [6, 6.07) is 20.5. The molecule has 3 rings (SSSR count). The van der Waals surface area contributed by atoms with Crippen LogP contribution in [-0.4, -0.2) is 33.1 Å². The molecular formula is C24H24N2O3. The third-order valence-electron chi connectivity index (χ3n) is 4.71. The number of anilines is 2. The van der Waals surface area contributed by atoms with E-state index in [1.807, 2.05) is 74.4 Å². The second kappa shape index (κ2) is 8.61. The lowest BCUT2D eigenvalue weighted by molar-refractivity contribution is 0.0600. The van der Waals surface area contributed by atoms with Crippen LogP contribution in [0.25, 0.3) is 11.1 Å². The van der Waals surface area contributed by atoms with Gasteiger partial charge >= 0.3 is 5.97 Å². The molecule has 0 aromatic heterocycles. The Bertz CT molecular complexity index is 1060. The fraction of sp³-hybridized carbons (Fsp3) is 0.167. The first-order valence-corrected chi connectivity index (χ1v) is 9.27. The summed E-state index contributed by atoms with van der Waals surface area (Å²) in [6.07, 6.45) is 0. The molecule has 148 valence electrons. The zero-order valence-electron chi connectivity index (χ0n) is 17.0. The molecule has 5 heteroatoms. The minimum absolute atomic E-state index is 0.174. The van der Waals surface area contributed by atoms with Crippen LogP contribution >= 0.6 is 0 Å². The molecule has 0 atom stereocenters. The SMILES string of the molecule is COC(=O)c1cccc(-c2cc(NC(=O)c3cccc(N(C)C)c3)ccc2C)c1. The number of aryl methyl sites for hydroxylation is 1. The molecule has 0 saturated heterocycles. The summed E-state index contributed by atoms with van der Waals surface area (Å²) in [6.45, 7) is 1.99. The van der Waals surface area contributed by atoms with Gasteiger partial charge in [0.15, 0.2) is 0 Å². The minimum Gasteiger partial charge on any atom is -0.465 e. The van der Waals surface area contributed by atoms with E-state index in [1.165, 1.54) is 7.11 Å². The maximum Gasteiger partial charge on any atom is 0.337 e. The van der Waals surface area contributed by atoms with Crippen molar-refractivity contribution in [2.75, 3.05) is 31.4 Å². The Kier molecular flexibility index (Phi) is 5.98. The summed E-state index contributed by atoms with van der Waals surface area (Å²) >= 11 is 0. The molecule has 0 heterocycles. The van der Waals surface area contributed by atoms with Crippen LogP contribution in [0.4, 0.5) is 11.4 Å². The number of carbonyl (C=O) groups is 2. The molecule has 0 unspecified atom stereocenters. The van der Waals surface area contributed by atoms with Crippen molar-refractivity contribution in [2.45, 2.75) is 6.92 Å². The molecule has 0 aliphatic heterocycles. The van der Waals surface area contributed by atoms with E-state index in [-0.39, 0.29) is 11.9 Å². The number of hydrogen-bond acceptors (Lipinski definition) is 4. The number of methoxy groups -OCH3 is 1. The zero-order valence-corrected chi connectivity index (χ0v) is 17.0. The Morgan fingerprint density at radius 1 is 0.897 bits per heavy atom. The predicted octanol–water partition coefficient (Wildman–Crippen LogP) is 4.77. The van der Waals surface area contributed by atoms with Crippen LogP contribution in [0.1, 0.15) is 26.3 Å². The van der Waals surface area contributed by atoms with Gasteiger partial charge in [-0.25, -0.2) is 4.79 Å². The average Bonchev–Trinajstić information content (AvgIpc) is 2.74. The molecule has 3 aromatic rings. The molecule has 0 aliphatic rings. The Balaban J connectivity index is 1.89. The fourth-order valence-electron chi connectivity index (χ4n) is 3.07. The molecule has 1 amide bonds. The topological polar surface area (TPSA) is 58.6 Å². The highest BCUT2D eigenvalue weighted by atomic mass is 16.5. The third kappa shape index (κ3) is 4.63. The predicted molar refractivity (Wildman–Crippen MR) is 117 cm³/mol. The Morgan fingerprint density at radius 3 is 2.34 bits per heavy atom. The van der Waals surface area contributed by atoms with Gasteiger partial charge in [-0.3, -0.25) is 4.79 Å². The van der Waals surface area contributed by atoms with Gasteiger partial charge in [0.2, 0.25) is 0 Å². The second-order valence-electron chi connectivity index (χ2n) is 7.00. The van der Waals surface area contributed by atoms with E-state index in [2.05, 4.69) is 5.32 Å². The third-order valence-corrected chi connectivity index (χ3v) is 4.71. The van der Waals surface area contributed by atoms with Crippen LogP contribution in [0.2, 0.25) is 0 Å². The van der Waals surface area contributed by atoms with E-state index in [1.54, 1.807) is 18.2 Å². The van der Waals surface area contributed by atoms with Gasteiger partial charge < -0.3 is 15.0 Å². The van der Waals surface area contributed by atoms with Crippen molar-refractivity contribution in [3.63, 3.8) is 0 Å². The highest BCUT2D eigenvalue weighted by molar-refractivity contribution is 6.05. The van der Waals surface area contributed by atoms with Gasteiger partial charge in [-0.05, 0) is 66.1 Å². The second-order valence-corrected chi connectivity index (χ2v) is 7.00. The maximum absolute atomic E-state index is 12.7. The molecular weight excluding hydrogens is 364 g/mol. The van der Waals surface area contributed by atoms with Gasteiger partial charge in [-0.1, -0.05) is 24.3 Å². The Labute approximate surface area is 170 Å². The molecule has 1 N–H and O–H groups in total. The smallest absolute Gasteiger partial charge is 0.337 e. The number of carbonyl (C=O) groups excluding carboxylic acids is 2. The zero-order chi connectivity index (χ0) is 21.0. The number of esters is 1. The van der Waals surface area contributed by atoms with Crippen LogP contribution in [0.5, 0.6) is 0 Å². The molecule has 0 radical (unpaired) electrons. The molecule has 0 spiro atoms. The summed E-state index contributed by atoms with van der Waals surface area (Å²) in [4.78, 5) is 26.5. The van der Waals surface area contributed by atoms with E-state index in [4.69, 9.17) is 4.74 Å². The van der Waals surface area contributed by atoms with Crippen molar-refractivity contribution >= 4 is 23.3 Å². The Morgan fingerprint density at radius 2 is 1.62 bits per heavy atom. The number of nitrogens with one attached hydrogen (secondary N) is 1. The molecule has 0 saturated carbocycles. The van der Waals surface area contributed by atoms with Gasteiger partial charge in [0, 0.05) is 31.0 Å². The van der Waals surface area contributed by atoms with Gasteiger partial charge in [-0.15, -0.1) is 0 Å². The number of amides is 1. The molecule has 3 aromatic carbocycles. The number of benzene rings is 3. The summed E-state index contributed by atoms with van der Waals surface area (Å²) in [5, 5.41) is 2.96. The lowest BCUT2D eigenvalue weighted by Gasteiger charge is -2.14. The first kappa shape index (κ1) is 20.1. The van der Waals surface area contributed by atoms with Gasteiger partial charge in [0.25, 0.3) is 5.91 Å². The summed E-state index contributed by atoms with van der Waals surface area (Å²) in [5.74, 6) is -0.554. The molecule has 5 nitrogen and oxygen atoms in total. The van der Waals surface area contributed by atoms with Crippen molar-refractivity contribution in [3.05, 3.63) is 83.4 Å². The minimum atomic E-state index is -0.380. The van der Waals surface area contributed by atoms with Gasteiger partial charge in [-0.2, -0.15) is 0 Å². The van der Waals surface area contributed by atoms with Gasteiger partial charge in [0.1, 0.15) is 0 Å². The van der Waals surface area contributed by atoms with Crippen molar-refractivity contribution in [2.24, 2.45) is 0 Å². The number of ether oxygens (including phenoxy) is 1. The Hall–Kier alpha value is -3.60. The summed E-state index contributed by atoms with van der Waals surface area (Å²) < 4.78 is 4.81. The largest absolute Gasteiger partial charge is 0.465 e. The highest BCUT2D eigenvalue weighted by Crippen LogP contribution is 2.28. The van der Waals surface area contributed by atoms with Crippen LogP contribution in [0.15, 0.2) is 66.7 Å². The lowest BCUT2D eigenvalue weighted by Crippen LogP contribution is -2.14. The van der Waals surface area contributed by atoms with Crippen molar-refractivity contribution in [3.8, 4) is 11.1 Å². The molecule has 0 aliphatic carbocycles. The summed E-state index contributed by atoms with van der Waals surface area (Å²) in [7, 11) is 5.24. The quantitative estimate of drug-likeness (QED) is 0.640. The van der Waals surface area contributed by atoms with E-state index in [0.29, 0.717) is 16.8 Å². The number of rotatable bonds is 5. The van der Waals surface area contributed by atoms with E-state index in [9.17, 15) is 9.59 Å². The normalized spacial score (nSPS) is 10.3.